The van der Waals surface area contributed by atoms with Crippen LogP contribution in [0, 0.1) is 5.92 Å². The van der Waals surface area contributed by atoms with Gasteiger partial charge in [0.1, 0.15) is 0 Å². The lowest BCUT2D eigenvalue weighted by atomic mass is 9.92. The number of primary amides is 1. The molecule has 0 saturated carbocycles. The van der Waals surface area contributed by atoms with Crippen LogP contribution in [0.1, 0.15) is 43.4 Å². The van der Waals surface area contributed by atoms with Crippen LogP contribution in [0.4, 0.5) is 0 Å². The van der Waals surface area contributed by atoms with E-state index >= 15 is 0 Å². The maximum absolute atomic E-state index is 12.8. The third kappa shape index (κ3) is 3.57. The van der Waals surface area contributed by atoms with Gasteiger partial charge in [-0.15, -0.1) is 0 Å². The zero-order valence-electron chi connectivity index (χ0n) is 14.4. The highest BCUT2D eigenvalue weighted by Crippen LogP contribution is 2.33. The lowest BCUT2D eigenvalue weighted by Gasteiger charge is -2.35. The topological polar surface area (TPSA) is 83.7 Å². The molecule has 2 aliphatic rings. The number of benzene rings is 1. The smallest absolute Gasteiger partial charge is 0.225 e. The molecule has 6 heteroatoms. The van der Waals surface area contributed by atoms with Gasteiger partial charge in [-0.25, -0.2) is 0 Å². The molecule has 1 aromatic carbocycles. The predicted molar refractivity (Wildman–Crippen MR) is 93.9 cm³/mol. The van der Waals surface area contributed by atoms with Gasteiger partial charge in [-0.3, -0.25) is 14.4 Å². The van der Waals surface area contributed by atoms with E-state index in [1.807, 2.05) is 30.3 Å². The molecule has 2 heterocycles. The van der Waals surface area contributed by atoms with Crippen LogP contribution >= 0.6 is 0 Å². The summed E-state index contributed by atoms with van der Waals surface area (Å²) in [5.41, 5.74) is 7.37. The fraction of sp³-hybridized carbons (Fsp3) is 0.421. The molecule has 0 aliphatic carbocycles. The summed E-state index contributed by atoms with van der Waals surface area (Å²) in [4.78, 5) is 39.4. The zero-order chi connectivity index (χ0) is 18.0. The summed E-state index contributed by atoms with van der Waals surface area (Å²) < 4.78 is 0. The van der Waals surface area contributed by atoms with Crippen LogP contribution in [0.5, 0.6) is 0 Å². The molecule has 2 aliphatic heterocycles. The lowest BCUT2D eigenvalue weighted by molar-refractivity contribution is -0.137. The van der Waals surface area contributed by atoms with E-state index in [0.717, 1.165) is 11.1 Å². The highest BCUT2D eigenvalue weighted by Gasteiger charge is 2.31. The van der Waals surface area contributed by atoms with Gasteiger partial charge in [0.15, 0.2) is 0 Å². The van der Waals surface area contributed by atoms with Crippen molar-refractivity contribution in [3.63, 3.8) is 0 Å². The maximum atomic E-state index is 12.8. The Hall–Kier alpha value is -2.63. The van der Waals surface area contributed by atoms with Crippen molar-refractivity contribution in [2.75, 3.05) is 13.1 Å². The van der Waals surface area contributed by atoms with E-state index in [4.69, 9.17) is 5.73 Å². The van der Waals surface area contributed by atoms with Crippen molar-refractivity contribution in [3.8, 4) is 0 Å². The summed E-state index contributed by atoms with van der Waals surface area (Å²) in [5, 5.41) is 0. The number of rotatable bonds is 3. The van der Waals surface area contributed by atoms with Crippen molar-refractivity contribution < 1.29 is 14.4 Å². The quantitative estimate of drug-likeness (QED) is 0.908. The molecule has 1 aromatic rings. The van der Waals surface area contributed by atoms with Crippen LogP contribution in [-0.2, 0) is 14.4 Å². The first kappa shape index (κ1) is 17.2. The predicted octanol–water partition coefficient (Wildman–Crippen LogP) is 1.67. The van der Waals surface area contributed by atoms with Crippen molar-refractivity contribution in [3.05, 3.63) is 41.6 Å². The average Bonchev–Trinajstić information content (AvgIpc) is 2.61. The van der Waals surface area contributed by atoms with E-state index in [2.05, 4.69) is 0 Å². The molecule has 2 N–H and O–H groups in total. The summed E-state index contributed by atoms with van der Waals surface area (Å²) in [7, 11) is 0. The number of hydrogen-bond donors (Lipinski definition) is 1. The molecular weight excluding hydrogens is 318 g/mol. The Balaban J connectivity index is 1.74. The highest BCUT2D eigenvalue weighted by molar-refractivity contribution is 5.82. The van der Waals surface area contributed by atoms with Gasteiger partial charge in [0.25, 0.3) is 0 Å². The normalized spacial score (nSPS) is 20.3. The number of nitrogens with two attached hydrogens (primary N) is 1. The van der Waals surface area contributed by atoms with Crippen molar-refractivity contribution >= 4 is 23.8 Å². The zero-order valence-corrected chi connectivity index (χ0v) is 14.4. The van der Waals surface area contributed by atoms with Gasteiger partial charge in [-0.1, -0.05) is 24.3 Å². The fourth-order valence-corrected chi connectivity index (χ4v) is 3.62. The molecule has 1 unspecified atom stereocenters. The maximum Gasteiger partial charge on any atom is 0.225 e. The molecule has 3 rings (SSSR count). The Morgan fingerprint density at radius 1 is 1.16 bits per heavy atom. The van der Waals surface area contributed by atoms with Gasteiger partial charge < -0.3 is 15.5 Å². The number of nitrogens with zero attached hydrogens (tertiary/aromatic N) is 2. The third-order valence-electron chi connectivity index (χ3n) is 5.09. The van der Waals surface area contributed by atoms with E-state index in [1.165, 1.54) is 6.92 Å². The number of fused-ring (bicyclic) bond motifs is 1. The Morgan fingerprint density at radius 3 is 2.48 bits per heavy atom. The van der Waals surface area contributed by atoms with Crippen LogP contribution in [0.25, 0.3) is 6.08 Å². The van der Waals surface area contributed by atoms with Crippen LogP contribution in [0.3, 0.4) is 0 Å². The number of likely N-dealkylation sites (tertiary alicyclic amines) is 1. The molecule has 0 radical (unpaired) electrons. The average molecular weight is 341 g/mol. The second-order valence-corrected chi connectivity index (χ2v) is 6.65. The van der Waals surface area contributed by atoms with Gasteiger partial charge in [-0.2, -0.15) is 0 Å². The standard InChI is InChI=1S/C19H23N3O3/c1-13(23)22-11-8-14-4-2-3-5-16(14)17(22)12-18(24)21-9-6-15(7-10-21)19(20)25/h2-5,8,11,15,17H,6-7,9-10,12H2,1H3,(H2,20,25). The van der Waals surface area contributed by atoms with Gasteiger partial charge in [0.05, 0.1) is 12.5 Å². The van der Waals surface area contributed by atoms with E-state index in [1.54, 1.807) is 16.0 Å². The molecule has 1 saturated heterocycles. The molecule has 6 nitrogen and oxygen atoms in total. The first-order valence-corrected chi connectivity index (χ1v) is 8.60. The minimum absolute atomic E-state index is 0.00396. The SMILES string of the molecule is CC(=O)N1C=Cc2ccccc2C1CC(=O)N1CCC(C(N)=O)CC1. The molecular formula is C19H23N3O3. The molecule has 0 aromatic heterocycles. The fourth-order valence-electron chi connectivity index (χ4n) is 3.62. The monoisotopic (exact) mass is 341 g/mol. The Labute approximate surface area is 147 Å². The number of amides is 3. The second kappa shape index (κ2) is 7.09. The molecule has 1 atom stereocenters. The first-order chi connectivity index (χ1) is 12.0. The number of carbonyl (C=O) groups is 3. The molecule has 0 spiro atoms. The van der Waals surface area contributed by atoms with Gasteiger partial charge in [-0.05, 0) is 30.0 Å². The Kier molecular flexibility index (Phi) is 4.88. The molecule has 0 bridgehead atoms. The molecule has 25 heavy (non-hydrogen) atoms. The van der Waals surface area contributed by atoms with Gasteiger partial charge in [0, 0.05) is 32.1 Å². The van der Waals surface area contributed by atoms with Crippen LogP contribution < -0.4 is 5.73 Å². The Morgan fingerprint density at radius 2 is 1.84 bits per heavy atom. The highest BCUT2D eigenvalue weighted by atomic mass is 16.2. The number of carbonyl (C=O) groups excluding carboxylic acids is 3. The van der Waals surface area contributed by atoms with Crippen molar-refractivity contribution in [1.29, 1.82) is 0 Å². The largest absolute Gasteiger partial charge is 0.369 e. The van der Waals surface area contributed by atoms with Crippen LogP contribution in [0.15, 0.2) is 30.5 Å². The van der Waals surface area contributed by atoms with Gasteiger partial charge >= 0.3 is 0 Å². The van der Waals surface area contributed by atoms with Crippen molar-refractivity contribution in [2.24, 2.45) is 11.7 Å². The molecule has 3 amide bonds. The summed E-state index contributed by atoms with van der Waals surface area (Å²) in [5.74, 6) is -0.516. The molecule has 132 valence electrons. The van der Waals surface area contributed by atoms with E-state index in [-0.39, 0.29) is 36.1 Å². The third-order valence-corrected chi connectivity index (χ3v) is 5.09. The van der Waals surface area contributed by atoms with Crippen LogP contribution in [0.2, 0.25) is 0 Å². The molecule has 1 fully saturated rings. The van der Waals surface area contributed by atoms with E-state index < -0.39 is 0 Å². The van der Waals surface area contributed by atoms with Gasteiger partial charge in [0.2, 0.25) is 17.7 Å². The lowest BCUT2D eigenvalue weighted by Crippen LogP contribution is -2.43. The summed E-state index contributed by atoms with van der Waals surface area (Å²) in [6.45, 7) is 2.58. The van der Waals surface area contributed by atoms with E-state index in [0.29, 0.717) is 25.9 Å². The number of piperidine rings is 1. The second-order valence-electron chi connectivity index (χ2n) is 6.65. The van der Waals surface area contributed by atoms with Crippen molar-refractivity contribution in [2.45, 2.75) is 32.2 Å². The Bertz CT molecular complexity index is 720. The van der Waals surface area contributed by atoms with Crippen LogP contribution in [-0.4, -0.2) is 40.6 Å². The number of hydrogen-bond acceptors (Lipinski definition) is 3. The van der Waals surface area contributed by atoms with E-state index in [9.17, 15) is 14.4 Å². The minimum Gasteiger partial charge on any atom is -0.369 e. The minimum atomic E-state index is -0.292. The summed E-state index contributed by atoms with van der Waals surface area (Å²) in [6, 6.07) is 7.53. The summed E-state index contributed by atoms with van der Waals surface area (Å²) in [6.07, 6.45) is 5.11. The first-order valence-electron chi connectivity index (χ1n) is 8.60. The summed E-state index contributed by atoms with van der Waals surface area (Å²) >= 11 is 0. The van der Waals surface area contributed by atoms with Crippen molar-refractivity contribution in [1.82, 2.24) is 9.80 Å².